The number of hydrogen-bond donors (Lipinski definition) is 1. The molecule has 0 amide bonds. The van der Waals surface area contributed by atoms with Crippen LogP contribution in [0.3, 0.4) is 0 Å². The minimum atomic E-state index is 0.339. The zero-order valence-electron chi connectivity index (χ0n) is 15.5. The Balaban J connectivity index is 3.23. The molecular formula is C19H40N2. The van der Waals surface area contributed by atoms with Gasteiger partial charge in [0, 0.05) is 23.7 Å². The summed E-state index contributed by atoms with van der Waals surface area (Å²) in [5, 5.41) is 0. The Labute approximate surface area is 133 Å². The Kier molecular flexibility index (Phi) is 7.70. The highest BCUT2D eigenvalue weighted by Crippen LogP contribution is 2.44. The van der Waals surface area contributed by atoms with Crippen molar-refractivity contribution >= 4 is 0 Å². The molecule has 4 atom stereocenters. The minimum absolute atomic E-state index is 0.339. The lowest BCUT2D eigenvalue weighted by Gasteiger charge is -2.57. The first kappa shape index (κ1) is 19.0. The van der Waals surface area contributed by atoms with Crippen molar-refractivity contribution in [2.45, 2.75) is 117 Å². The Hall–Kier alpha value is -0.0800. The standard InChI is InChI=1S/C19H40N2/c1-7-15(5)21(16(6)8-2)19(17(9-3)10-4)13-11-12-18(20)14-19/h15-18H,7-14,20H2,1-6H3. The van der Waals surface area contributed by atoms with Crippen molar-refractivity contribution in [1.82, 2.24) is 4.90 Å². The summed E-state index contributed by atoms with van der Waals surface area (Å²) in [7, 11) is 0. The maximum Gasteiger partial charge on any atom is 0.0257 e. The van der Waals surface area contributed by atoms with Gasteiger partial charge in [0.2, 0.25) is 0 Å². The van der Waals surface area contributed by atoms with Crippen molar-refractivity contribution in [1.29, 1.82) is 0 Å². The smallest absolute Gasteiger partial charge is 0.0257 e. The molecule has 0 aromatic rings. The van der Waals surface area contributed by atoms with E-state index in [1.54, 1.807) is 0 Å². The van der Waals surface area contributed by atoms with Crippen molar-refractivity contribution in [2.75, 3.05) is 0 Å². The molecule has 126 valence electrons. The molecule has 1 fully saturated rings. The van der Waals surface area contributed by atoms with Gasteiger partial charge in [-0.15, -0.1) is 0 Å². The van der Waals surface area contributed by atoms with Crippen LogP contribution in [-0.2, 0) is 0 Å². The molecule has 4 unspecified atom stereocenters. The van der Waals surface area contributed by atoms with Crippen molar-refractivity contribution in [3.05, 3.63) is 0 Å². The highest BCUT2D eigenvalue weighted by atomic mass is 15.3. The van der Waals surface area contributed by atoms with E-state index in [-0.39, 0.29) is 0 Å². The molecule has 0 bridgehead atoms. The van der Waals surface area contributed by atoms with Crippen molar-refractivity contribution in [3.63, 3.8) is 0 Å². The molecule has 0 spiro atoms. The summed E-state index contributed by atoms with van der Waals surface area (Å²) in [6.07, 6.45) is 10.1. The van der Waals surface area contributed by atoms with Gasteiger partial charge < -0.3 is 5.73 Å². The number of nitrogens with two attached hydrogens (primary N) is 1. The van der Waals surface area contributed by atoms with Crippen molar-refractivity contribution in [3.8, 4) is 0 Å². The summed E-state index contributed by atoms with van der Waals surface area (Å²) in [5.74, 6) is 0.784. The van der Waals surface area contributed by atoms with Crippen LogP contribution in [0.5, 0.6) is 0 Å². The average molecular weight is 297 g/mol. The van der Waals surface area contributed by atoms with Gasteiger partial charge in [0.15, 0.2) is 0 Å². The van der Waals surface area contributed by atoms with Crippen LogP contribution in [0.4, 0.5) is 0 Å². The molecule has 1 aliphatic rings. The maximum atomic E-state index is 6.45. The maximum absolute atomic E-state index is 6.45. The van der Waals surface area contributed by atoms with Crippen LogP contribution < -0.4 is 5.73 Å². The highest BCUT2D eigenvalue weighted by molar-refractivity contribution is 5.03. The Morgan fingerprint density at radius 3 is 1.90 bits per heavy atom. The molecule has 21 heavy (non-hydrogen) atoms. The Morgan fingerprint density at radius 1 is 1.00 bits per heavy atom. The highest BCUT2D eigenvalue weighted by Gasteiger charge is 2.47. The summed E-state index contributed by atoms with van der Waals surface area (Å²) in [6, 6.07) is 1.71. The van der Waals surface area contributed by atoms with E-state index in [9.17, 15) is 0 Å². The van der Waals surface area contributed by atoms with E-state index in [4.69, 9.17) is 5.73 Å². The molecule has 0 aromatic carbocycles. The molecule has 0 aromatic heterocycles. The van der Waals surface area contributed by atoms with Crippen molar-refractivity contribution in [2.24, 2.45) is 11.7 Å². The lowest BCUT2D eigenvalue weighted by molar-refractivity contribution is -0.0613. The molecule has 2 nitrogen and oxygen atoms in total. The first-order valence-corrected chi connectivity index (χ1v) is 9.50. The van der Waals surface area contributed by atoms with Crippen LogP contribution in [0.15, 0.2) is 0 Å². The predicted octanol–water partition coefficient (Wildman–Crippen LogP) is 4.96. The molecule has 2 heteroatoms. The number of nitrogens with zero attached hydrogens (tertiary/aromatic N) is 1. The fourth-order valence-corrected chi connectivity index (χ4v) is 4.90. The molecule has 0 aliphatic heterocycles. The van der Waals surface area contributed by atoms with E-state index in [1.807, 2.05) is 0 Å². The molecule has 0 radical (unpaired) electrons. The van der Waals surface area contributed by atoms with Gasteiger partial charge in [-0.3, -0.25) is 4.90 Å². The molecule has 1 saturated carbocycles. The molecule has 1 aliphatic carbocycles. The quantitative estimate of drug-likeness (QED) is 0.686. The first-order chi connectivity index (χ1) is 9.96. The van der Waals surface area contributed by atoms with E-state index >= 15 is 0 Å². The van der Waals surface area contributed by atoms with Crippen LogP contribution in [0.25, 0.3) is 0 Å². The van der Waals surface area contributed by atoms with E-state index in [1.165, 1.54) is 51.4 Å². The lowest BCUT2D eigenvalue weighted by Crippen LogP contribution is -2.63. The predicted molar refractivity (Wildman–Crippen MR) is 94.6 cm³/mol. The third kappa shape index (κ3) is 4.01. The lowest BCUT2D eigenvalue weighted by atomic mass is 9.67. The summed E-state index contributed by atoms with van der Waals surface area (Å²) in [5.41, 5.74) is 6.79. The van der Waals surface area contributed by atoms with Crippen LogP contribution in [-0.4, -0.2) is 28.6 Å². The molecule has 1 rings (SSSR count). The Morgan fingerprint density at radius 2 is 1.52 bits per heavy atom. The summed E-state index contributed by atoms with van der Waals surface area (Å²) in [4.78, 5) is 2.89. The van der Waals surface area contributed by atoms with Crippen LogP contribution in [0.2, 0.25) is 0 Å². The zero-order valence-corrected chi connectivity index (χ0v) is 15.5. The molecule has 2 N–H and O–H groups in total. The third-order valence-corrected chi connectivity index (χ3v) is 6.19. The Bertz CT molecular complexity index is 277. The number of hydrogen-bond acceptors (Lipinski definition) is 2. The van der Waals surface area contributed by atoms with Crippen LogP contribution >= 0.6 is 0 Å². The van der Waals surface area contributed by atoms with Gasteiger partial charge in [-0.1, -0.05) is 47.0 Å². The number of rotatable bonds is 8. The third-order valence-electron chi connectivity index (χ3n) is 6.19. The second-order valence-corrected chi connectivity index (χ2v) is 7.40. The fourth-order valence-electron chi connectivity index (χ4n) is 4.90. The normalized spacial score (nSPS) is 29.9. The summed E-state index contributed by atoms with van der Waals surface area (Å²) in [6.45, 7) is 14.3. The van der Waals surface area contributed by atoms with Gasteiger partial charge in [0.25, 0.3) is 0 Å². The monoisotopic (exact) mass is 296 g/mol. The topological polar surface area (TPSA) is 29.3 Å². The van der Waals surface area contributed by atoms with Gasteiger partial charge in [-0.25, -0.2) is 0 Å². The van der Waals surface area contributed by atoms with Gasteiger partial charge in [-0.2, -0.15) is 0 Å². The van der Waals surface area contributed by atoms with Crippen LogP contribution in [0.1, 0.15) is 92.9 Å². The molecule has 0 saturated heterocycles. The minimum Gasteiger partial charge on any atom is -0.328 e. The average Bonchev–Trinajstić information content (AvgIpc) is 2.48. The van der Waals surface area contributed by atoms with Gasteiger partial charge in [0.1, 0.15) is 0 Å². The van der Waals surface area contributed by atoms with E-state index in [0.717, 1.165) is 5.92 Å². The van der Waals surface area contributed by atoms with Gasteiger partial charge in [0.05, 0.1) is 0 Å². The molecule has 0 heterocycles. The van der Waals surface area contributed by atoms with E-state index in [2.05, 4.69) is 46.4 Å². The van der Waals surface area contributed by atoms with Crippen LogP contribution in [0, 0.1) is 5.92 Å². The van der Waals surface area contributed by atoms with E-state index in [0.29, 0.717) is 23.7 Å². The van der Waals surface area contributed by atoms with Gasteiger partial charge in [-0.05, 0) is 51.9 Å². The SMILES string of the molecule is CCC(C)N(C(C)CC)C1(C(CC)CC)CCCC(N)C1. The molecular weight excluding hydrogens is 256 g/mol. The fraction of sp³-hybridized carbons (Fsp3) is 1.00. The second-order valence-electron chi connectivity index (χ2n) is 7.40. The largest absolute Gasteiger partial charge is 0.328 e. The first-order valence-electron chi connectivity index (χ1n) is 9.50. The van der Waals surface area contributed by atoms with Crippen molar-refractivity contribution < 1.29 is 0 Å². The van der Waals surface area contributed by atoms with Gasteiger partial charge >= 0.3 is 0 Å². The zero-order chi connectivity index (χ0) is 16.0. The summed E-state index contributed by atoms with van der Waals surface area (Å²) < 4.78 is 0. The summed E-state index contributed by atoms with van der Waals surface area (Å²) >= 11 is 0. The second kappa shape index (κ2) is 8.53. The van der Waals surface area contributed by atoms with E-state index < -0.39 is 0 Å².